The van der Waals surface area contributed by atoms with Crippen LogP contribution in [0, 0.1) is 10.1 Å². The molecular weight excluding hydrogens is 324 g/mol. The monoisotopic (exact) mass is 346 g/mol. The van der Waals surface area contributed by atoms with E-state index in [0.717, 1.165) is 19.5 Å². The van der Waals surface area contributed by atoms with Gasteiger partial charge in [0.1, 0.15) is 0 Å². The number of benzene rings is 1. The summed E-state index contributed by atoms with van der Waals surface area (Å²) in [6.45, 7) is 4.90. The molecule has 8 heteroatoms. The lowest BCUT2D eigenvalue weighted by atomic mass is 10.0. The lowest BCUT2D eigenvalue weighted by Crippen LogP contribution is -2.39. The van der Waals surface area contributed by atoms with Gasteiger partial charge >= 0.3 is 0 Å². The highest BCUT2D eigenvalue weighted by molar-refractivity contribution is 6.04. The zero-order valence-electron chi connectivity index (χ0n) is 14.2. The van der Waals surface area contributed by atoms with Crippen molar-refractivity contribution in [3.63, 3.8) is 0 Å². The number of piperidine rings is 1. The van der Waals surface area contributed by atoms with Crippen LogP contribution in [0.2, 0.25) is 0 Å². The van der Waals surface area contributed by atoms with Crippen molar-refractivity contribution in [1.29, 1.82) is 0 Å². The van der Waals surface area contributed by atoms with Crippen LogP contribution in [0.15, 0.2) is 22.7 Å². The van der Waals surface area contributed by atoms with Gasteiger partial charge in [0.2, 0.25) is 0 Å². The van der Waals surface area contributed by atoms with Gasteiger partial charge in [0, 0.05) is 25.2 Å². The first-order valence-corrected chi connectivity index (χ1v) is 8.62. The molecule has 1 atom stereocenters. The van der Waals surface area contributed by atoms with E-state index < -0.39 is 4.92 Å². The summed E-state index contributed by atoms with van der Waals surface area (Å²) in [5.41, 5.74) is 0.309. The number of carbonyl (C=O) groups is 1. The normalized spacial score (nSPS) is 18.4. The number of nitro benzene ring substituents is 1. The molecule has 0 aliphatic carbocycles. The predicted octanol–water partition coefficient (Wildman–Crippen LogP) is 2.73. The summed E-state index contributed by atoms with van der Waals surface area (Å²) in [7, 11) is 0. The van der Waals surface area contributed by atoms with Gasteiger partial charge in [0.25, 0.3) is 11.6 Å². The second-order valence-electron chi connectivity index (χ2n) is 6.46. The van der Waals surface area contributed by atoms with E-state index in [2.05, 4.69) is 22.3 Å². The van der Waals surface area contributed by atoms with E-state index >= 15 is 0 Å². The fourth-order valence-corrected chi connectivity index (χ4v) is 3.26. The highest BCUT2D eigenvalue weighted by atomic mass is 16.6. The minimum atomic E-state index is -0.511. The van der Waals surface area contributed by atoms with E-state index in [1.54, 1.807) is 0 Å². The van der Waals surface area contributed by atoms with Gasteiger partial charge in [0.05, 0.1) is 16.4 Å². The second-order valence-corrected chi connectivity index (χ2v) is 6.46. The third-order valence-electron chi connectivity index (χ3n) is 4.73. The molecule has 1 unspecified atom stereocenters. The van der Waals surface area contributed by atoms with Crippen molar-refractivity contribution in [3.8, 4) is 0 Å². The Morgan fingerprint density at radius 2 is 2.32 bits per heavy atom. The largest absolute Gasteiger partial charge is 0.355 e. The van der Waals surface area contributed by atoms with Crippen LogP contribution in [0.5, 0.6) is 0 Å². The fourth-order valence-electron chi connectivity index (χ4n) is 3.26. The standard InChI is InChI=1S/C17H22N4O4/c1-12-5-2-3-9-20(12)10-4-8-18-17(22)16-14-7-6-13(21(23)24)11-15(14)25-19-16/h6-7,11-12H,2-5,8-10H2,1H3,(H,18,22). The highest BCUT2D eigenvalue weighted by Crippen LogP contribution is 2.23. The zero-order valence-corrected chi connectivity index (χ0v) is 14.2. The maximum absolute atomic E-state index is 12.3. The molecule has 0 saturated carbocycles. The maximum atomic E-state index is 12.3. The lowest BCUT2D eigenvalue weighted by molar-refractivity contribution is -0.384. The molecule has 1 saturated heterocycles. The zero-order chi connectivity index (χ0) is 17.8. The van der Waals surface area contributed by atoms with Gasteiger partial charge in [-0.3, -0.25) is 14.9 Å². The van der Waals surface area contributed by atoms with Crippen molar-refractivity contribution >= 4 is 22.6 Å². The Labute approximate surface area is 145 Å². The maximum Gasteiger partial charge on any atom is 0.274 e. The summed E-state index contributed by atoms with van der Waals surface area (Å²) in [6, 6.07) is 4.72. The summed E-state index contributed by atoms with van der Waals surface area (Å²) < 4.78 is 5.05. The SMILES string of the molecule is CC1CCCCN1CCCNC(=O)c1noc2cc([N+](=O)[O-])ccc12. The number of nitrogens with one attached hydrogen (secondary N) is 1. The smallest absolute Gasteiger partial charge is 0.274 e. The number of likely N-dealkylation sites (tertiary alicyclic amines) is 1. The number of nitrogens with zero attached hydrogens (tertiary/aromatic N) is 3. The van der Waals surface area contributed by atoms with E-state index in [9.17, 15) is 14.9 Å². The Kier molecular flexibility index (Phi) is 5.28. The van der Waals surface area contributed by atoms with Gasteiger partial charge < -0.3 is 14.7 Å². The van der Waals surface area contributed by atoms with E-state index in [1.165, 1.54) is 37.5 Å². The van der Waals surface area contributed by atoms with Gasteiger partial charge in [-0.2, -0.15) is 0 Å². The van der Waals surface area contributed by atoms with Crippen LogP contribution in [-0.4, -0.2) is 46.6 Å². The molecule has 1 aromatic heterocycles. The number of nitro groups is 1. The summed E-state index contributed by atoms with van der Waals surface area (Å²) >= 11 is 0. The third kappa shape index (κ3) is 3.96. The highest BCUT2D eigenvalue weighted by Gasteiger charge is 2.19. The average Bonchev–Trinajstić information content (AvgIpc) is 3.03. The van der Waals surface area contributed by atoms with Crippen LogP contribution in [0.1, 0.15) is 43.1 Å². The van der Waals surface area contributed by atoms with Gasteiger partial charge in [0.15, 0.2) is 11.3 Å². The minimum absolute atomic E-state index is 0.0914. The van der Waals surface area contributed by atoms with Crippen LogP contribution in [0.3, 0.4) is 0 Å². The first-order valence-electron chi connectivity index (χ1n) is 8.62. The summed E-state index contributed by atoms with van der Waals surface area (Å²) in [5.74, 6) is -0.320. The molecule has 0 radical (unpaired) electrons. The molecule has 0 bridgehead atoms. The summed E-state index contributed by atoms with van der Waals surface area (Å²) in [5, 5.41) is 17.9. The number of non-ortho nitro benzene ring substituents is 1. The van der Waals surface area contributed by atoms with Crippen molar-refractivity contribution in [1.82, 2.24) is 15.4 Å². The van der Waals surface area contributed by atoms with Gasteiger partial charge in [-0.25, -0.2) is 0 Å². The molecule has 1 aliphatic rings. The van der Waals surface area contributed by atoms with Gasteiger partial charge in [-0.15, -0.1) is 0 Å². The van der Waals surface area contributed by atoms with E-state index in [4.69, 9.17) is 4.52 Å². The Bertz CT molecular complexity index is 773. The van der Waals surface area contributed by atoms with Gasteiger partial charge in [-0.1, -0.05) is 11.6 Å². The number of fused-ring (bicyclic) bond motifs is 1. The average molecular weight is 346 g/mol. The van der Waals surface area contributed by atoms with E-state index in [-0.39, 0.29) is 22.9 Å². The summed E-state index contributed by atoms with van der Waals surface area (Å²) in [4.78, 5) is 25.0. The van der Waals surface area contributed by atoms with Crippen molar-refractivity contribution in [2.24, 2.45) is 0 Å². The Hall–Kier alpha value is -2.48. The Balaban J connectivity index is 1.54. The minimum Gasteiger partial charge on any atom is -0.355 e. The van der Waals surface area contributed by atoms with Crippen LogP contribution < -0.4 is 5.32 Å². The molecule has 1 fully saturated rings. The molecule has 8 nitrogen and oxygen atoms in total. The van der Waals surface area contributed by atoms with Crippen molar-refractivity contribution < 1.29 is 14.2 Å². The molecule has 1 N–H and O–H groups in total. The summed E-state index contributed by atoms with van der Waals surface area (Å²) in [6.07, 6.45) is 4.65. The molecule has 2 aromatic rings. The third-order valence-corrected chi connectivity index (χ3v) is 4.73. The fraction of sp³-hybridized carbons (Fsp3) is 0.529. The number of carbonyl (C=O) groups excluding carboxylic acids is 1. The predicted molar refractivity (Wildman–Crippen MR) is 92.5 cm³/mol. The first-order chi connectivity index (χ1) is 12.1. The number of rotatable bonds is 6. The molecule has 134 valence electrons. The second kappa shape index (κ2) is 7.60. The van der Waals surface area contributed by atoms with Crippen LogP contribution >= 0.6 is 0 Å². The molecule has 1 aromatic carbocycles. The lowest BCUT2D eigenvalue weighted by Gasteiger charge is -2.33. The number of amides is 1. The van der Waals surface area contributed by atoms with Crippen LogP contribution in [-0.2, 0) is 0 Å². The van der Waals surface area contributed by atoms with Crippen LogP contribution in [0.25, 0.3) is 11.0 Å². The molecule has 2 heterocycles. The molecular formula is C17H22N4O4. The molecule has 1 aliphatic heterocycles. The molecule has 1 amide bonds. The quantitative estimate of drug-likeness (QED) is 0.490. The van der Waals surface area contributed by atoms with Crippen molar-refractivity contribution in [2.75, 3.05) is 19.6 Å². The van der Waals surface area contributed by atoms with Crippen LogP contribution in [0.4, 0.5) is 5.69 Å². The van der Waals surface area contributed by atoms with Gasteiger partial charge in [-0.05, 0) is 38.8 Å². The van der Waals surface area contributed by atoms with Crippen molar-refractivity contribution in [2.45, 2.75) is 38.6 Å². The number of hydrogen-bond acceptors (Lipinski definition) is 6. The number of aromatic nitrogens is 1. The molecule has 25 heavy (non-hydrogen) atoms. The van der Waals surface area contributed by atoms with E-state index in [1.807, 2.05) is 0 Å². The topological polar surface area (TPSA) is 102 Å². The molecule has 3 rings (SSSR count). The Morgan fingerprint density at radius 1 is 1.48 bits per heavy atom. The van der Waals surface area contributed by atoms with E-state index in [0.29, 0.717) is 18.0 Å². The first kappa shape index (κ1) is 17.3. The molecule has 0 spiro atoms. The number of hydrogen-bond donors (Lipinski definition) is 1. The van der Waals surface area contributed by atoms with Crippen molar-refractivity contribution in [3.05, 3.63) is 34.0 Å². The Morgan fingerprint density at radius 3 is 3.08 bits per heavy atom.